The molecule has 0 saturated carbocycles. The van der Waals surface area contributed by atoms with Gasteiger partial charge in [-0.1, -0.05) is 35.0 Å². The minimum Gasteiger partial charge on any atom is -0.369 e. The van der Waals surface area contributed by atoms with E-state index >= 15 is 0 Å². The molecule has 3 heteroatoms. The SMILES string of the molecule is CCCNC(c1cccc(Br)c1)C1CC(C)(C)OC1(C)C. The summed E-state index contributed by atoms with van der Waals surface area (Å²) in [5.74, 6) is 0.466. The Balaban J connectivity index is 2.32. The lowest BCUT2D eigenvalue weighted by Crippen LogP contribution is -2.38. The van der Waals surface area contributed by atoms with Gasteiger partial charge in [-0.15, -0.1) is 0 Å². The lowest BCUT2D eigenvalue weighted by Gasteiger charge is -2.34. The van der Waals surface area contributed by atoms with Crippen LogP contribution in [-0.4, -0.2) is 17.7 Å². The molecular formula is C18H28BrNO. The highest BCUT2D eigenvalue weighted by atomic mass is 79.9. The number of benzene rings is 1. The van der Waals surface area contributed by atoms with Crippen molar-refractivity contribution in [2.45, 2.75) is 64.7 Å². The van der Waals surface area contributed by atoms with Gasteiger partial charge in [-0.3, -0.25) is 0 Å². The normalized spacial score (nSPS) is 25.0. The van der Waals surface area contributed by atoms with Crippen LogP contribution < -0.4 is 5.32 Å². The summed E-state index contributed by atoms with van der Waals surface area (Å²) in [5.41, 5.74) is 1.18. The van der Waals surface area contributed by atoms with Crippen molar-refractivity contribution in [3.8, 4) is 0 Å². The number of ether oxygens (including phenoxy) is 1. The van der Waals surface area contributed by atoms with Gasteiger partial charge in [0.05, 0.1) is 11.2 Å². The number of rotatable bonds is 5. The van der Waals surface area contributed by atoms with Crippen LogP contribution in [0.1, 0.15) is 59.1 Å². The Hall–Kier alpha value is -0.380. The minimum absolute atomic E-state index is 0.0493. The molecule has 118 valence electrons. The van der Waals surface area contributed by atoms with E-state index < -0.39 is 0 Å². The second kappa shape index (κ2) is 6.39. The quantitative estimate of drug-likeness (QED) is 0.796. The summed E-state index contributed by atoms with van der Waals surface area (Å²) in [7, 11) is 0. The van der Waals surface area contributed by atoms with Crippen molar-refractivity contribution in [3.63, 3.8) is 0 Å². The molecule has 0 aromatic heterocycles. The van der Waals surface area contributed by atoms with Gasteiger partial charge >= 0.3 is 0 Å². The number of nitrogens with one attached hydrogen (secondary N) is 1. The van der Waals surface area contributed by atoms with Crippen molar-refractivity contribution in [2.24, 2.45) is 5.92 Å². The second-order valence-corrected chi connectivity index (χ2v) is 8.18. The molecule has 2 unspecified atom stereocenters. The molecule has 1 N–H and O–H groups in total. The lowest BCUT2D eigenvalue weighted by molar-refractivity contribution is -0.0778. The average Bonchev–Trinajstić information content (AvgIpc) is 2.58. The Labute approximate surface area is 137 Å². The fourth-order valence-electron chi connectivity index (χ4n) is 3.62. The first-order valence-electron chi connectivity index (χ1n) is 7.94. The molecule has 1 aromatic rings. The maximum Gasteiger partial charge on any atom is 0.0681 e. The molecule has 1 heterocycles. The smallest absolute Gasteiger partial charge is 0.0681 e. The first-order chi connectivity index (χ1) is 9.75. The molecule has 1 saturated heterocycles. The van der Waals surface area contributed by atoms with Crippen molar-refractivity contribution in [1.29, 1.82) is 0 Å². The van der Waals surface area contributed by atoms with E-state index in [0.717, 1.165) is 23.9 Å². The van der Waals surface area contributed by atoms with Gasteiger partial charge < -0.3 is 10.1 Å². The zero-order chi connectivity index (χ0) is 15.7. The molecule has 2 rings (SSSR count). The summed E-state index contributed by atoms with van der Waals surface area (Å²) in [6.07, 6.45) is 2.22. The molecule has 1 aliphatic heterocycles. The number of hydrogen-bond acceptors (Lipinski definition) is 2. The third kappa shape index (κ3) is 4.08. The first kappa shape index (κ1) is 17.0. The summed E-state index contributed by atoms with van der Waals surface area (Å²) >= 11 is 3.60. The number of halogens is 1. The van der Waals surface area contributed by atoms with E-state index in [2.05, 4.69) is 80.1 Å². The minimum atomic E-state index is -0.114. The van der Waals surface area contributed by atoms with Crippen molar-refractivity contribution >= 4 is 15.9 Å². The Morgan fingerprint density at radius 2 is 2.05 bits per heavy atom. The van der Waals surface area contributed by atoms with E-state index in [1.54, 1.807) is 0 Å². The molecule has 2 nitrogen and oxygen atoms in total. The fraction of sp³-hybridized carbons (Fsp3) is 0.667. The van der Waals surface area contributed by atoms with Gasteiger partial charge in [0, 0.05) is 16.4 Å². The van der Waals surface area contributed by atoms with Gasteiger partial charge in [-0.2, -0.15) is 0 Å². The summed E-state index contributed by atoms with van der Waals surface area (Å²) in [6.45, 7) is 12.1. The van der Waals surface area contributed by atoms with Crippen LogP contribution in [0, 0.1) is 5.92 Å². The first-order valence-corrected chi connectivity index (χ1v) is 8.73. The van der Waals surface area contributed by atoms with E-state index in [1.165, 1.54) is 5.56 Å². The largest absolute Gasteiger partial charge is 0.369 e. The van der Waals surface area contributed by atoms with Crippen LogP contribution in [0.2, 0.25) is 0 Å². The highest BCUT2D eigenvalue weighted by Crippen LogP contribution is 2.47. The highest BCUT2D eigenvalue weighted by molar-refractivity contribution is 9.10. The van der Waals surface area contributed by atoms with Crippen LogP contribution >= 0.6 is 15.9 Å². The van der Waals surface area contributed by atoms with E-state index in [9.17, 15) is 0 Å². The molecule has 0 aliphatic carbocycles. The average molecular weight is 354 g/mol. The molecular weight excluding hydrogens is 326 g/mol. The van der Waals surface area contributed by atoms with Gasteiger partial charge in [-0.05, 0) is 64.8 Å². The molecule has 1 aliphatic rings. The fourth-order valence-corrected chi connectivity index (χ4v) is 4.03. The molecule has 1 aromatic carbocycles. The zero-order valence-corrected chi connectivity index (χ0v) is 15.5. The predicted molar refractivity (Wildman–Crippen MR) is 92.5 cm³/mol. The van der Waals surface area contributed by atoms with Crippen molar-refractivity contribution in [2.75, 3.05) is 6.54 Å². The highest BCUT2D eigenvalue weighted by Gasteiger charge is 2.49. The van der Waals surface area contributed by atoms with Crippen molar-refractivity contribution < 1.29 is 4.74 Å². The number of hydrogen-bond donors (Lipinski definition) is 1. The van der Waals surface area contributed by atoms with Gasteiger partial charge in [0.25, 0.3) is 0 Å². The van der Waals surface area contributed by atoms with Crippen LogP contribution in [0.15, 0.2) is 28.7 Å². The molecule has 0 spiro atoms. The summed E-state index contributed by atoms with van der Waals surface area (Å²) in [4.78, 5) is 0. The van der Waals surface area contributed by atoms with Gasteiger partial charge in [0.2, 0.25) is 0 Å². The predicted octanol–water partition coefficient (Wildman–Crippen LogP) is 5.08. The summed E-state index contributed by atoms with van der Waals surface area (Å²) < 4.78 is 7.45. The van der Waals surface area contributed by atoms with E-state index in [0.29, 0.717) is 12.0 Å². The van der Waals surface area contributed by atoms with Crippen molar-refractivity contribution in [3.05, 3.63) is 34.3 Å². The maximum absolute atomic E-state index is 6.31. The molecule has 21 heavy (non-hydrogen) atoms. The van der Waals surface area contributed by atoms with Crippen LogP contribution in [-0.2, 0) is 4.74 Å². The van der Waals surface area contributed by atoms with E-state index in [4.69, 9.17) is 4.74 Å². The standard InChI is InChI=1S/C18H28BrNO/c1-6-10-20-16(13-8-7-9-14(19)11-13)15-12-17(2,3)21-18(15,4)5/h7-9,11,15-16,20H,6,10,12H2,1-5H3. The molecule has 0 radical (unpaired) electrons. The van der Waals surface area contributed by atoms with Crippen molar-refractivity contribution in [1.82, 2.24) is 5.32 Å². The third-order valence-electron chi connectivity index (χ3n) is 4.37. The summed E-state index contributed by atoms with van der Waals surface area (Å²) in [5, 5.41) is 3.75. The molecule has 0 amide bonds. The molecule has 0 bridgehead atoms. The summed E-state index contributed by atoms with van der Waals surface area (Å²) in [6, 6.07) is 8.99. The van der Waals surface area contributed by atoms with Gasteiger partial charge in [0.1, 0.15) is 0 Å². The lowest BCUT2D eigenvalue weighted by atomic mass is 9.79. The molecule has 1 fully saturated rings. The second-order valence-electron chi connectivity index (χ2n) is 7.26. The Bertz CT molecular complexity index is 484. The van der Waals surface area contributed by atoms with E-state index in [1.807, 2.05) is 0 Å². The monoisotopic (exact) mass is 353 g/mol. The topological polar surface area (TPSA) is 21.3 Å². The van der Waals surface area contributed by atoms with Gasteiger partial charge in [0.15, 0.2) is 0 Å². The Kier molecular flexibility index (Phi) is 5.17. The Morgan fingerprint density at radius 3 is 2.57 bits per heavy atom. The third-order valence-corrected chi connectivity index (χ3v) is 4.86. The maximum atomic E-state index is 6.31. The van der Waals surface area contributed by atoms with E-state index in [-0.39, 0.29) is 11.2 Å². The van der Waals surface area contributed by atoms with Gasteiger partial charge in [-0.25, -0.2) is 0 Å². The van der Waals surface area contributed by atoms with Crippen LogP contribution in [0.5, 0.6) is 0 Å². The molecule has 2 atom stereocenters. The van der Waals surface area contributed by atoms with Crippen LogP contribution in [0.25, 0.3) is 0 Å². The zero-order valence-electron chi connectivity index (χ0n) is 13.9. The Morgan fingerprint density at radius 1 is 1.33 bits per heavy atom. The van der Waals surface area contributed by atoms with Crippen LogP contribution in [0.3, 0.4) is 0 Å². The van der Waals surface area contributed by atoms with Crippen LogP contribution in [0.4, 0.5) is 0 Å².